The average Bonchev–Trinajstić information content (AvgIpc) is 2.29. The van der Waals surface area contributed by atoms with E-state index in [0.29, 0.717) is 6.42 Å². The first kappa shape index (κ1) is 13.5. The van der Waals surface area contributed by atoms with Gasteiger partial charge >= 0.3 is 0 Å². The van der Waals surface area contributed by atoms with Gasteiger partial charge in [0.1, 0.15) is 6.61 Å². The Morgan fingerprint density at radius 1 is 1.29 bits per heavy atom. The average molecular weight is 250 g/mol. The van der Waals surface area contributed by atoms with Gasteiger partial charge in [0.2, 0.25) is 0 Å². The summed E-state index contributed by atoms with van der Waals surface area (Å²) in [6, 6.07) is 6.48. The molecule has 0 fully saturated rings. The van der Waals surface area contributed by atoms with E-state index in [1.165, 1.54) is 12.1 Å². The van der Waals surface area contributed by atoms with E-state index in [-0.39, 0.29) is 11.5 Å². The quantitative estimate of drug-likeness (QED) is 0.468. The van der Waals surface area contributed by atoms with Crippen LogP contribution in [0.2, 0.25) is 0 Å². The number of rotatable bonds is 4. The second-order valence-electron chi connectivity index (χ2n) is 3.38. The fourth-order valence-corrected chi connectivity index (χ4v) is 1.89. The lowest BCUT2D eigenvalue weighted by Gasteiger charge is -2.02. The molecule has 0 spiro atoms. The highest BCUT2D eigenvalue weighted by Crippen LogP contribution is 2.12. The Bertz CT molecular complexity index is 530. The molecule has 90 valence electrons. The van der Waals surface area contributed by atoms with Crippen molar-refractivity contribution in [2.45, 2.75) is 18.2 Å². The lowest BCUT2D eigenvalue weighted by atomic mass is 10.2. The van der Waals surface area contributed by atoms with E-state index in [9.17, 15) is 8.42 Å². The lowest BCUT2D eigenvalue weighted by Crippen LogP contribution is -2.06. The summed E-state index contributed by atoms with van der Waals surface area (Å²) in [4.78, 5) is 0.147. The van der Waals surface area contributed by atoms with Gasteiger partial charge in [0.25, 0.3) is 10.1 Å². The Balaban J connectivity index is 2.67. The van der Waals surface area contributed by atoms with E-state index in [1.807, 2.05) is 6.92 Å². The molecule has 0 amide bonds. The Morgan fingerprint density at radius 3 is 2.53 bits per heavy atom. The van der Waals surface area contributed by atoms with Gasteiger partial charge in [0, 0.05) is 6.42 Å². The molecule has 1 rings (SSSR count). The minimum atomic E-state index is -3.69. The Labute approximate surface area is 102 Å². The van der Waals surface area contributed by atoms with Gasteiger partial charge in [0.05, 0.1) is 4.90 Å². The van der Waals surface area contributed by atoms with Gasteiger partial charge in [-0.3, -0.25) is 4.18 Å². The fraction of sp³-hybridized carbons (Fsp3) is 0.231. The van der Waals surface area contributed by atoms with E-state index in [2.05, 4.69) is 18.4 Å². The summed E-state index contributed by atoms with van der Waals surface area (Å²) in [7, 11) is -3.69. The zero-order valence-corrected chi connectivity index (χ0v) is 10.5. The molecule has 1 aromatic rings. The van der Waals surface area contributed by atoms with Crippen LogP contribution in [0.25, 0.3) is 0 Å². The van der Waals surface area contributed by atoms with E-state index < -0.39 is 10.1 Å². The van der Waals surface area contributed by atoms with Gasteiger partial charge < -0.3 is 0 Å². The molecule has 0 saturated carbocycles. The molecule has 0 radical (unpaired) electrons. The topological polar surface area (TPSA) is 43.4 Å². The van der Waals surface area contributed by atoms with Crippen molar-refractivity contribution in [3.63, 3.8) is 0 Å². The molecule has 0 aliphatic heterocycles. The lowest BCUT2D eigenvalue weighted by molar-refractivity contribution is 0.363. The third-order valence-corrected chi connectivity index (χ3v) is 3.24. The number of hydrogen-bond acceptors (Lipinski definition) is 3. The minimum Gasteiger partial charge on any atom is -0.253 e. The normalized spacial score (nSPS) is 10.4. The standard InChI is InChI=1S/C13H14O3S/c1-3-4-5-6-11-16-17(14,15)13-9-7-12(2)8-10-13/h3,7-10H,1,4,11H2,2H3. The van der Waals surface area contributed by atoms with Gasteiger partial charge in [-0.2, -0.15) is 8.42 Å². The van der Waals surface area contributed by atoms with Gasteiger partial charge in [-0.05, 0) is 19.1 Å². The third kappa shape index (κ3) is 4.43. The summed E-state index contributed by atoms with van der Waals surface area (Å²) in [6.07, 6.45) is 2.16. The SMILES string of the molecule is C=CCC#CCOS(=O)(=O)c1ccc(C)cc1. The number of aryl methyl sites for hydroxylation is 1. The molecule has 0 aromatic heterocycles. The Morgan fingerprint density at radius 2 is 1.94 bits per heavy atom. The predicted molar refractivity (Wildman–Crippen MR) is 66.9 cm³/mol. The molecule has 4 heteroatoms. The van der Waals surface area contributed by atoms with E-state index >= 15 is 0 Å². The van der Waals surface area contributed by atoms with Crippen LogP contribution in [0.15, 0.2) is 41.8 Å². The van der Waals surface area contributed by atoms with Crippen LogP contribution in [-0.4, -0.2) is 15.0 Å². The highest BCUT2D eigenvalue weighted by atomic mass is 32.2. The summed E-state index contributed by atoms with van der Waals surface area (Å²) in [5.41, 5.74) is 0.995. The molecular weight excluding hydrogens is 236 g/mol. The van der Waals surface area contributed by atoms with E-state index in [4.69, 9.17) is 4.18 Å². The van der Waals surface area contributed by atoms with Gasteiger partial charge in [-0.25, -0.2) is 0 Å². The van der Waals surface area contributed by atoms with Crippen LogP contribution in [0.1, 0.15) is 12.0 Å². The number of benzene rings is 1. The Kier molecular flexibility index (Phi) is 4.95. The van der Waals surface area contributed by atoms with Crippen molar-refractivity contribution in [1.29, 1.82) is 0 Å². The zero-order valence-electron chi connectivity index (χ0n) is 9.64. The summed E-state index contributed by atoms with van der Waals surface area (Å²) < 4.78 is 28.1. The maximum Gasteiger partial charge on any atom is 0.297 e. The van der Waals surface area contributed by atoms with Gasteiger partial charge in [0.15, 0.2) is 0 Å². The number of hydrogen-bond donors (Lipinski definition) is 0. The van der Waals surface area contributed by atoms with E-state index in [0.717, 1.165) is 5.56 Å². The molecule has 0 aliphatic rings. The van der Waals surface area contributed by atoms with Crippen LogP contribution < -0.4 is 0 Å². The third-order valence-electron chi connectivity index (χ3n) is 1.97. The first-order valence-electron chi connectivity index (χ1n) is 5.09. The van der Waals surface area contributed by atoms with Crippen molar-refractivity contribution < 1.29 is 12.6 Å². The summed E-state index contributed by atoms with van der Waals surface area (Å²) in [5, 5.41) is 0. The van der Waals surface area contributed by atoms with Crippen LogP contribution in [0.4, 0.5) is 0 Å². The van der Waals surface area contributed by atoms with E-state index in [1.54, 1.807) is 18.2 Å². The predicted octanol–water partition coefficient (Wildman–Crippen LogP) is 2.28. The summed E-state index contributed by atoms with van der Waals surface area (Å²) in [5.74, 6) is 5.31. The molecular formula is C13H14O3S. The van der Waals surface area contributed by atoms with Gasteiger partial charge in [-0.1, -0.05) is 35.6 Å². The van der Waals surface area contributed by atoms with Crippen molar-refractivity contribution in [3.8, 4) is 11.8 Å². The zero-order chi connectivity index (χ0) is 12.7. The second-order valence-corrected chi connectivity index (χ2v) is 4.99. The number of allylic oxidation sites excluding steroid dienone is 1. The van der Waals surface area contributed by atoms with Crippen molar-refractivity contribution in [3.05, 3.63) is 42.5 Å². The molecule has 0 N–H and O–H groups in total. The van der Waals surface area contributed by atoms with Crippen molar-refractivity contribution in [2.24, 2.45) is 0 Å². The minimum absolute atomic E-state index is 0.135. The van der Waals surface area contributed by atoms with Crippen LogP contribution in [0, 0.1) is 18.8 Å². The molecule has 0 heterocycles. The highest BCUT2D eigenvalue weighted by molar-refractivity contribution is 7.86. The van der Waals surface area contributed by atoms with Crippen LogP contribution in [0.3, 0.4) is 0 Å². The highest BCUT2D eigenvalue weighted by Gasteiger charge is 2.13. The van der Waals surface area contributed by atoms with Crippen molar-refractivity contribution >= 4 is 10.1 Å². The molecule has 0 unspecified atom stereocenters. The molecule has 1 aromatic carbocycles. The van der Waals surface area contributed by atoms with Crippen molar-refractivity contribution in [2.75, 3.05) is 6.61 Å². The molecule has 0 atom stereocenters. The second kappa shape index (κ2) is 6.24. The summed E-state index contributed by atoms with van der Waals surface area (Å²) >= 11 is 0. The first-order chi connectivity index (χ1) is 8.06. The Hall–Kier alpha value is -1.57. The smallest absolute Gasteiger partial charge is 0.253 e. The maximum absolute atomic E-state index is 11.7. The maximum atomic E-state index is 11.7. The molecule has 3 nitrogen and oxygen atoms in total. The van der Waals surface area contributed by atoms with Crippen LogP contribution >= 0.6 is 0 Å². The molecule has 0 aliphatic carbocycles. The fourth-order valence-electron chi connectivity index (χ4n) is 1.08. The van der Waals surface area contributed by atoms with Crippen molar-refractivity contribution in [1.82, 2.24) is 0 Å². The largest absolute Gasteiger partial charge is 0.297 e. The monoisotopic (exact) mass is 250 g/mol. The van der Waals surface area contributed by atoms with Crippen LogP contribution in [0.5, 0.6) is 0 Å². The molecule has 17 heavy (non-hydrogen) atoms. The van der Waals surface area contributed by atoms with Gasteiger partial charge in [-0.15, -0.1) is 6.58 Å². The first-order valence-corrected chi connectivity index (χ1v) is 6.50. The van der Waals surface area contributed by atoms with Crippen LogP contribution in [-0.2, 0) is 14.3 Å². The molecule has 0 bridgehead atoms. The molecule has 0 saturated heterocycles. The summed E-state index contributed by atoms with van der Waals surface area (Å²) in [6.45, 7) is 5.25.